The zero-order valence-electron chi connectivity index (χ0n) is 65.8. The molecule has 0 aromatic heterocycles. The lowest BCUT2D eigenvalue weighted by Crippen LogP contribution is -2.30. The normalized spacial score (nSPS) is 14.6. The highest BCUT2D eigenvalue weighted by atomic mass is 31.2. The van der Waals surface area contributed by atoms with Crippen molar-refractivity contribution in [3.63, 3.8) is 0 Å². The van der Waals surface area contributed by atoms with Gasteiger partial charge in [-0.15, -0.1) is 0 Å². The van der Waals surface area contributed by atoms with E-state index < -0.39 is 97.5 Å². The lowest BCUT2D eigenvalue weighted by Gasteiger charge is -2.21. The van der Waals surface area contributed by atoms with Gasteiger partial charge >= 0.3 is 39.5 Å². The van der Waals surface area contributed by atoms with Gasteiger partial charge < -0.3 is 33.8 Å². The van der Waals surface area contributed by atoms with Crippen molar-refractivity contribution >= 4 is 39.5 Å². The quantitative estimate of drug-likeness (QED) is 0.0222. The van der Waals surface area contributed by atoms with Crippen LogP contribution in [0.4, 0.5) is 0 Å². The second-order valence-electron chi connectivity index (χ2n) is 30.6. The van der Waals surface area contributed by atoms with Crippen molar-refractivity contribution in [2.24, 2.45) is 23.7 Å². The molecule has 0 saturated carbocycles. The molecule has 17 nitrogen and oxygen atoms in total. The summed E-state index contributed by atoms with van der Waals surface area (Å²) in [6.45, 7) is 14.3. The molecule has 7 atom stereocenters. The standard InChI is InChI=1S/C81H158O17P2/c1-9-73(7)59-51-43-35-26-22-18-15-16-19-23-27-37-45-53-61-78(83)91-67-76(97-80(85)63-55-47-39-28-24-20-14-12-11-13-17-21-25-33-41-49-57-71(3)4)69-95-99(87,88)93-65-75(82)66-94-100(89,90)96-70-77(68-92-79(84)62-54-46-38-31-29-34-42-50-58-72(5)6)98-81(86)64-56-48-40-32-30-36-44-52-60-74(8)10-2/h71-77,82H,9-70H2,1-8H3,(H,87,88)(H,89,90)/t73?,74?,75?,76-,77-/m1/s1. The largest absolute Gasteiger partial charge is 0.472 e. The lowest BCUT2D eigenvalue weighted by atomic mass is 9.99. The van der Waals surface area contributed by atoms with E-state index in [2.05, 4.69) is 55.4 Å². The minimum atomic E-state index is -4.96. The molecule has 0 fully saturated rings. The summed E-state index contributed by atoms with van der Waals surface area (Å²) in [6, 6.07) is 0. The first kappa shape index (κ1) is 98.1. The summed E-state index contributed by atoms with van der Waals surface area (Å²) in [5.41, 5.74) is 0. The number of carbonyl (C=O) groups excluding carboxylic acids is 4. The van der Waals surface area contributed by atoms with Crippen LogP contribution in [0.3, 0.4) is 0 Å². The van der Waals surface area contributed by atoms with E-state index in [0.717, 1.165) is 114 Å². The fourth-order valence-corrected chi connectivity index (χ4v) is 13.9. The van der Waals surface area contributed by atoms with Crippen molar-refractivity contribution in [2.75, 3.05) is 39.6 Å². The number of ether oxygens (including phenoxy) is 4. The summed E-state index contributed by atoms with van der Waals surface area (Å²) >= 11 is 0. The summed E-state index contributed by atoms with van der Waals surface area (Å²) in [6.07, 6.45) is 56.8. The average Bonchev–Trinajstić information content (AvgIpc) is 0.939. The number of rotatable bonds is 78. The molecular formula is C81H158O17P2. The van der Waals surface area contributed by atoms with E-state index in [1.54, 1.807) is 0 Å². The van der Waals surface area contributed by atoms with Gasteiger partial charge in [0.2, 0.25) is 0 Å². The van der Waals surface area contributed by atoms with Gasteiger partial charge in [0, 0.05) is 25.7 Å². The molecule has 0 amide bonds. The third kappa shape index (κ3) is 71.7. The predicted molar refractivity (Wildman–Crippen MR) is 409 cm³/mol. The van der Waals surface area contributed by atoms with Gasteiger partial charge in [0.1, 0.15) is 19.3 Å². The molecule has 19 heteroatoms. The second kappa shape index (κ2) is 70.1. The van der Waals surface area contributed by atoms with Crippen LogP contribution in [0.1, 0.15) is 415 Å². The summed E-state index contributed by atoms with van der Waals surface area (Å²) in [4.78, 5) is 73.0. The monoisotopic (exact) mass is 1470 g/mol. The van der Waals surface area contributed by atoms with Gasteiger partial charge in [-0.2, -0.15) is 0 Å². The minimum absolute atomic E-state index is 0.104. The summed E-state index contributed by atoms with van der Waals surface area (Å²) in [5.74, 6) is 1.04. The van der Waals surface area contributed by atoms with E-state index in [1.807, 2.05) is 0 Å². The fraction of sp³-hybridized carbons (Fsp3) is 0.951. The van der Waals surface area contributed by atoms with Gasteiger partial charge in [0.25, 0.3) is 0 Å². The molecule has 0 spiro atoms. The Morgan fingerprint density at radius 2 is 0.480 bits per heavy atom. The maximum absolute atomic E-state index is 13.1. The molecule has 0 heterocycles. The number of hydrogen-bond acceptors (Lipinski definition) is 15. The number of carbonyl (C=O) groups is 4. The SMILES string of the molecule is CCC(C)CCCCCCCCCCCCCCCCC(=O)OC[C@H](COP(=O)(O)OCC(O)COP(=O)(O)OC[C@@H](COC(=O)CCCCCCCCCCC(C)C)OC(=O)CCCCCCCCCCC(C)CC)OC(=O)CCCCCCCCCCCCCCCCCCC(C)C. The molecule has 0 aromatic carbocycles. The molecule has 0 saturated heterocycles. The average molecular weight is 1470 g/mol. The van der Waals surface area contributed by atoms with E-state index in [9.17, 15) is 43.2 Å². The third-order valence-electron chi connectivity index (χ3n) is 19.5. The molecule has 100 heavy (non-hydrogen) atoms. The smallest absolute Gasteiger partial charge is 0.462 e. The van der Waals surface area contributed by atoms with Gasteiger partial charge in [-0.25, -0.2) is 9.13 Å². The Morgan fingerprint density at radius 3 is 0.710 bits per heavy atom. The van der Waals surface area contributed by atoms with E-state index >= 15 is 0 Å². The van der Waals surface area contributed by atoms with Crippen molar-refractivity contribution in [3.8, 4) is 0 Å². The van der Waals surface area contributed by atoms with Gasteiger partial charge in [-0.3, -0.25) is 37.3 Å². The van der Waals surface area contributed by atoms with Crippen LogP contribution in [0.5, 0.6) is 0 Å². The van der Waals surface area contributed by atoms with Crippen LogP contribution >= 0.6 is 15.6 Å². The van der Waals surface area contributed by atoms with Gasteiger partial charge in [0.15, 0.2) is 12.2 Å². The highest BCUT2D eigenvalue weighted by Crippen LogP contribution is 2.45. The lowest BCUT2D eigenvalue weighted by molar-refractivity contribution is -0.161. The highest BCUT2D eigenvalue weighted by molar-refractivity contribution is 7.47. The molecule has 5 unspecified atom stereocenters. The van der Waals surface area contributed by atoms with Crippen molar-refractivity contribution in [1.29, 1.82) is 0 Å². The van der Waals surface area contributed by atoms with Crippen LogP contribution in [-0.2, 0) is 65.4 Å². The molecule has 0 aromatic rings. The molecule has 0 rings (SSSR count). The second-order valence-corrected chi connectivity index (χ2v) is 33.5. The molecule has 0 radical (unpaired) electrons. The van der Waals surface area contributed by atoms with Crippen LogP contribution in [0, 0.1) is 23.7 Å². The molecular weight excluding hydrogens is 1310 g/mol. The zero-order valence-corrected chi connectivity index (χ0v) is 67.6. The predicted octanol–water partition coefficient (Wildman–Crippen LogP) is 24.0. The zero-order chi connectivity index (χ0) is 73.8. The number of aliphatic hydroxyl groups excluding tert-OH is 1. The molecule has 0 aliphatic rings. The topological polar surface area (TPSA) is 237 Å². The Bertz CT molecular complexity index is 1960. The van der Waals surface area contributed by atoms with Gasteiger partial charge in [-0.1, -0.05) is 364 Å². The Kier molecular flexibility index (Phi) is 68.7. The van der Waals surface area contributed by atoms with Crippen molar-refractivity contribution in [3.05, 3.63) is 0 Å². The first-order valence-electron chi connectivity index (χ1n) is 41.8. The van der Waals surface area contributed by atoms with E-state index in [-0.39, 0.29) is 25.7 Å². The van der Waals surface area contributed by atoms with Crippen LogP contribution < -0.4 is 0 Å². The number of phosphoric ester groups is 2. The molecule has 594 valence electrons. The third-order valence-corrected chi connectivity index (χ3v) is 21.4. The summed E-state index contributed by atoms with van der Waals surface area (Å²) in [5, 5.41) is 10.6. The van der Waals surface area contributed by atoms with Crippen LogP contribution in [0.2, 0.25) is 0 Å². The van der Waals surface area contributed by atoms with Gasteiger partial charge in [0.05, 0.1) is 26.4 Å². The number of aliphatic hydroxyl groups is 1. The molecule has 0 bridgehead atoms. The molecule has 0 aliphatic heterocycles. The first-order valence-corrected chi connectivity index (χ1v) is 44.8. The van der Waals surface area contributed by atoms with Crippen LogP contribution in [0.15, 0.2) is 0 Å². The van der Waals surface area contributed by atoms with E-state index in [1.165, 1.54) is 218 Å². The Morgan fingerprint density at radius 1 is 0.280 bits per heavy atom. The number of unbranched alkanes of at least 4 members (excludes halogenated alkanes) is 42. The molecule has 0 aliphatic carbocycles. The summed E-state index contributed by atoms with van der Waals surface area (Å²) < 4.78 is 68.7. The molecule has 3 N–H and O–H groups in total. The number of esters is 4. The van der Waals surface area contributed by atoms with Crippen molar-refractivity contribution < 1.29 is 80.2 Å². The first-order chi connectivity index (χ1) is 48.2. The maximum atomic E-state index is 13.1. The van der Waals surface area contributed by atoms with E-state index in [4.69, 9.17) is 37.0 Å². The number of phosphoric acid groups is 2. The minimum Gasteiger partial charge on any atom is -0.462 e. The highest BCUT2D eigenvalue weighted by Gasteiger charge is 2.30. The van der Waals surface area contributed by atoms with Crippen molar-refractivity contribution in [1.82, 2.24) is 0 Å². The van der Waals surface area contributed by atoms with Gasteiger partial charge in [-0.05, 0) is 49.4 Å². The maximum Gasteiger partial charge on any atom is 0.472 e. The number of hydrogen-bond donors (Lipinski definition) is 3. The van der Waals surface area contributed by atoms with Crippen LogP contribution in [-0.4, -0.2) is 96.7 Å². The Labute approximate surface area is 613 Å². The fourth-order valence-electron chi connectivity index (χ4n) is 12.4. The Balaban J connectivity index is 5.25. The summed E-state index contributed by atoms with van der Waals surface area (Å²) in [7, 11) is -9.92. The Hall–Kier alpha value is -1.94. The van der Waals surface area contributed by atoms with E-state index in [0.29, 0.717) is 25.7 Å². The van der Waals surface area contributed by atoms with Crippen LogP contribution in [0.25, 0.3) is 0 Å². The van der Waals surface area contributed by atoms with Crippen molar-refractivity contribution in [2.45, 2.75) is 433 Å².